The van der Waals surface area contributed by atoms with Crippen molar-refractivity contribution >= 4 is 40.7 Å². The van der Waals surface area contributed by atoms with Gasteiger partial charge in [-0.2, -0.15) is 8.78 Å². The number of thiophene rings is 1. The highest BCUT2D eigenvalue weighted by atomic mass is 35.5. The number of carbonyl (C=O) groups is 3. The molecule has 2 aliphatic heterocycles. The van der Waals surface area contributed by atoms with Crippen LogP contribution in [0.25, 0.3) is 0 Å². The van der Waals surface area contributed by atoms with Crippen molar-refractivity contribution in [2.75, 3.05) is 0 Å². The molecular formula is C21H20ClF2N3O4S. The van der Waals surface area contributed by atoms with Gasteiger partial charge in [0, 0.05) is 34.0 Å². The zero-order chi connectivity index (χ0) is 23.2. The number of aliphatic hydroxyl groups is 1. The molecule has 2 aliphatic rings. The molecule has 1 saturated heterocycles. The third-order valence-corrected chi connectivity index (χ3v) is 7.24. The van der Waals surface area contributed by atoms with E-state index in [9.17, 15) is 28.3 Å². The monoisotopic (exact) mass is 483 g/mol. The molecule has 3 N–H and O–H groups in total. The Morgan fingerprint density at radius 3 is 2.84 bits per heavy atom. The van der Waals surface area contributed by atoms with Crippen LogP contribution in [0.1, 0.15) is 46.2 Å². The number of nitrogens with one attached hydrogen (secondary N) is 2. The Kier molecular flexibility index (Phi) is 6.06. The van der Waals surface area contributed by atoms with Crippen molar-refractivity contribution in [2.24, 2.45) is 0 Å². The molecule has 2 atom stereocenters. The molecule has 170 valence electrons. The molecule has 0 radical (unpaired) electrons. The molecule has 3 amide bonds. The van der Waals surface area contributed by atoms with Crippen LogP contribution < -0.4 is 10.6 Å². The summed E-state index contributed by atoms with van der Waals surface area (Å²) in [5.74, 6) is -6.05. The lowest BCUT2D eigenvalue weighted by atomic mass is 10.0. The number of carbonyl (C=O) groups excluding carboxylic acids is 3. The second kappa shape index (κ2) is 8.51. The second-order valence-electron chi connectivity index (χ2n) is 7.83. The van der Waals surface area contributed by atoms with E-state index in [-0.39, 0.29) is 36.9 Å². The van der Waals surface area contributed by atoms with Crippen molar-refractivity contribution in [3.8, 4) is 0 Å². The molecule has 2 unspecified atom stereocenters. The van der Waals surface area contributed by atoms with Crippen LogP contribution in [-0.4, -0.2) is 33.8 Å². The van der Waals surface area contributed by atoms with Gasteiger partial charge in [-0.3, -0.25) is 24.6 Å². The molecule has 2 aromatic rings. The first-order chi connectivity index (χ1) is 15.1. The minimum atomic E-state index is -3.77. The fraction of sp³-hybridized carbons (Fsp3) is 0.381. The fourth-order valence-electron chi connectivity index (χ4n) is 3.90. The molecule has 1 aromatic heterocycles. The molecule has 0 spiro atoms. The number of amides is 3. The summed E-state index contributed by atoms with van der Waals surface area (Å²) in [5.41, 5.74) is 1.39. The highest BCUT2D eigenvalue weighted by molar-refractivity contribution is 7.10. The van der Waals surface area contributed by atoms with Gasteiger partial charge in [0.2, 0.25) is 11.8 Å². The zero-order valence-corrected chi connectivity index (χ0v) is 18.5. The largest absolute Gasteiger partial charge is 0.374 e. The Morgan fingerprint density at radius 2 is 2.16 bits per heavy atom. The van der Waals surface area contributed by atoms with Gasteiger partial charge in [0.25, 0.3) is 5.91 Å². The zero-order valence-electron chi connectivity index (χ0n) is 17.0. The maximum atomic E-state index is 14.6. The van der Waals surface area contributed by atoms with Gasteiger partial charge < -0.3 is 10.4 Å². The maximum absolute atomic E-state index is 14.6. The first kappa shape index (κ1) is 22.8. The Labute approximate surface area is 191 Å². The lowest BCUT2D eigenvalue weighted by molar-refractivity contribution is -0.147. The van der Waals surface area contributed by atoms with Gasteiger partial charge in [-0.1, -0.05) is 23.7 Å². The van der Waals surface area contributed by atoms with Crippen LogP contribution in [0.4, 0.5) is 8.78 Å². The van der Waals surface area contributed by atoms with Gasteiger partial charge in [0.1, 0.15) is 6.23 Å². The summed E-state index contributed by atoms with van der Waals surface area (Å²) < 4.78 is 29.2. The first-order valence-corrected chi connectivity index (χ1v) is 11.1. The van der Waals surface area contributed by atoms with Crippen LogP contribution in [0, 0.1) is 6.92 Å². The fourth-order valence-corrected chi connectivity index (χ4v) is 5.09. The summed E-state index contributed by atoms with van der Waals surface area (Å²) in [6.07, 6.45) is -0.592. The summed E-state index contributed by atoms with van der Waals surface area (Å²) in [7, 11) is 0. The normalized spacial score (nSPS) is 21.4. The van der Waals surface area contributed by atoms with Crippen molar-refractivity contribution in [2.45, 2.75) is 51.0 Å². The van der Waals surface area contributed by atoms with Gasteiger partial charge in [-0.05, 0) is 35.9 Å². The highest BCUT2D eigenvalue weighted by Crippen LogP contribution is 2.40. The van der Waals surface area contributed by atoms with Crippen LogP contribution in [-0.2, 0) is 33.4 Å². The van der Waals surface area contributed by atoms with Crippen molar-refractivity contribution in [3.05, 3.63) is 55.7 Å². The highest BCUT2D eigenvalue weighted by Gasteiger charge is 2.43. The van der Waals surface area contributed by atoms with E-state index >= 15 is 0 Å². The number of hydrogen-bond acceptors (Lipinski definition) is 6. The summed E-state index contributed by atoms with van der Waals surface area (Å²) in [6, 6.07) is 3.00. The molecule has 1 aromatic carbocycles. The van der Waals surface area contributed by atoms with E-state index < -0.39 is 35.6 Å². The van der Waals surface area contributed by atoms with E-state index in [4.69, 9.17) is 11.6 Å². The minimum absolute atomic E-state index is 0.147. The summed E-state index contributed by atoms with van der Waals surface area (Å²) in [4.78, 5) is 38.0. The minimum Gasteiger partial charge on any atom is -0.374 e. The molecule has 1 fully saturated rings. The van der Waals surface area contributed by atoms with Crippen molar-refractivity contribution in [1.29, 1.82) is 0 Å². The molecular weight excluding hydrogens is 464 g/mol. The molecule has 0 bridgehead atoms. The van der Waals surface area contributed by atoms with Crippen LogP contribution in [0.5, 0.6) is 0 Å². The number of fused-ring (bicyclic) bond motifs is 1. The molecule has 7 nitrogen and oxygen atoms in total. The van der Waals surface area contributed by atoms with Crippen LogP contribution in [0.3, 0.4) is 0 Å². The van der Waals surface area contributed by atoms with Gasteiger partial charge in [0.15, 0.2) is 0 Å². The van der Waals surface area contributed by atoms with E-state index in [2.05, 4.69) is 10.6 Å². The average Bonchev–Trinajstić information content (AvgIpc) is 3.28. The number of benzene rings is 1. The smallest absolute Gasteiger partial charge is 0.349 e. The molecule has 4 rings (SSSR count). The number of aliphatic hydroxyl groups excluding tert-OH is 1. The van der Waals surface area contributed by atoms with Crippen molar-refractivity contribution in [3.63, 3.8) is 0 Å². The number of aryl methyl sites for hydroxylation is 1. The Hall–Kier alpha value is -2.40. The molecule has 0 saturated carbocycles. The number of alkyl halides is 2. The van der Waals surface area contributed by atoms with E-state index in [0.29, 0.717) is 21.6 Å². The van der Waals surface area contributed by atoms with E-state index in [1.54, 1.807) is 17.2 Å². The van der Waals surface area contributed by atoms with Gasteiger partial charge in [-0.15, -0.1) is 11.3 Å². The third kappa shape index (κ3) is 4.03. The number of nitrogens with zero attached hydrogens (tertiary/aromatic N) is 1. The number of halogens is 3. The van der Waals surface area contributed by atoms with Crippen LogP contribution >= 0.6 is 22.9 Å². The summed E-state index contributed by atoms with van der Waals surface area (Å²) >= 11 is 7.15. The SMILES string of the molecule is Cc1ccc(C(F)(F)C(=O)NCc2scc3c2CN(C2CCC(=O)NC2=O)C3O)cc1Cl. The lowest BCUT2D eigenvalue weighted by Crippen LogP contribution is -2.51. The predicted molar refractivity (Wildman–Crippen MR) is 113 cm³/mol. The number of imide groups is 1. The number of hydrogen-bond donors (Lipinski definition) is 3. The summed E-state index contributed by atoms with van der Waals surface area (Å²) in [5, 5.41) is 17.0. The quantitative estimate of drug-likeness (QED) is 0.568. The van der Waals surface area contributed by atoms with Crippen LogP contribution in [0.2, 0.25) is 5.02 Å². The molecule has 0 aliphatic carbocycles. The third-order valence-electron chi connectivity index (χ3n) is 5.79. The number of rotatable bonds is 5. The van der Waals surface area contributed by atoms with E-state index in [1.165, 1.54) is 17.4 Å². The van der Waals surface area contributed by atoms with Gasteiger partial charge in [0.05, 0.1) is 12.6 Å². The van der Waals surface area contributed by atoms with Crippen LogP contribution in [0.15, 0.2) is 23.6 Å². The molecule has 32 heavy (non-hydrogen) atoms. The van der Waals surface area contributed by atoms with Gasteiger partial charge in [-0.25, -0.2) is 0 Å². The maximum Gasteiger partial charge on any atom is 0.349 e. The topological polar surface area (TPSA) is 98.7 Å². The van der Waals surface area contributed by atoms with Crippen molar-refractivity contribution < 1.29 is 28.3 Å². The predicted octanol–water partition coefficient (Wildman–Crippen LogP) is 2.73. The van der Waals surface area contributed by atoms with E-state index in [0.717, 1.165) is 12.1 Å². The Bertz CT molecular complexity index is 1110. The summed E-state index contributed by atoms with van der Waals surface area (Å²) in [6.45, 7) is 1.74. The Morgan fingerprint density at radius 1 is 1.41 bits per heavy atom. The van der Waals surface area contributed by atoms with E-state index in [1.807, 2.05) is 0 Å². The lowest BCUT2D eigenvalue weighted by Gasteiger charge is -2.31. The molecule has 11 heteroatoms. The first-order valence-electron chi connectivity index (χ1n) is 9.89. The average molecular weight is 484 g/mol. The number of piperidine rings is 1. The van der Waals surface area contributed by atoms with Gasteiger partial charge >= 0.3 is 5.92 Å². The second-order valence-corrected chi connectivity index (χ2v) is 9.20. The van der Waals surface area contributed by atoms with Crippen molar-refractivity contribution in [1.82, 2.24) is 15.5 Å². The Balaban J connectivity index is 1.45. The molecule has 3 heterocycles. The standard InChI is InChI=1S/C21H20ClF2N3O4S/c1-10-2-3-11(6-14(10)22)21(23,24)20(31)25-7-16-12-8-27(19(30)13(12)9-32-16)15-4-5-17(28)26-18(15)29/h2-3,6,9,15,19,30H,4-5,7-8H2,1H3,(H,25,31)(H,26,28,29).